The highest BCUT2D eigenvalue weighted by atomic mass is 32.2. The van der Waals surface area contributed by atoms with E-state index in [2.05, 4.69) is 69.2 Å². The minimum atomic E-state index is -3.22. The average Bonchev–Trinajstić information content (AvgIpc) is 2.23. The molecule has 0 radical (unpaired) electrons. The first-order chi connectivity index (χ1) is 8.81. The Balaban J connectivity index is 5.82. The highest BCUT2D eigenvalue weighted by Gasteiger charge is 2.51. The Morgan fingerprint density at radius 2 is 0.762 bits per heavy atom. The summed E-state index contributed by atoms with van der Waals surface area (Å²) in [6.45, 7) is 24.8. The lowest BCUT2D eigenvalue weighted by Crippen LogP contribution is -2.51. The van der Waals surface area contributed by atoms with Crippen molar-refractivity contribution in [3.63, 3.8) is 0 Å². The van der Waals surface area contributed by atoms with Crippen LogP contribution in [0.5, 0.6) is 0 Å². The molecule has 2 unspecified atom stereocenters. The van der Waals surface area contributed by atoms with Gasteiger partial charge < -0.3 is 0 Å². The topological polar surface area (TPSA) is 34.1 Å². The molecule has 21 heavy (non-hydrogen) atoms. The van der Waals surface area contributed by atoms with Gasteiger partial charge in [-0.15, -0.1) is 0 Å². The van der Waals surface area contributed by atoms with Gasteiger partial charge in [0.1, 0.15) is 0 Å². The summed E-state index contributed by atoms with van der Waals surface area (Å²) in [5.74, 6) is 0. The van der Waals surface area contributed by atoms with Crippen LogP contribution < -0.4 is 0 Å². The van der Waals surface area contributed by atoms with E-state index in [4.69, 9.17) is 0 Å². The summed E-state index contributed by atoms with van der Waals surface area (Å²) >= 11 is 0. The third-order valence-corrected chi connectivity index (χ3v) is 10.0. The molecule has 0 saturated heterocycles. The molecule has 0 N–H and O–H groups in total. The van der Waals surface area contributed by atoms with Crippen LogP contribution in [0.25, 0.3) is 0 Å². The van der Waals surface area contributed by atoms with E-state index in [1.165, 1.54) is 0 Å². The molecule has 0 aliphatic heterocycles. The van der Waals surface area contributed by atoms with Gasteiger partial charge in [0.15, 0.2) is 9.84 Å². The van der Waals surface area contributed by atoms with Gasteiger partial charge in [0.2, 0.25) is 0 Å². The second-order valence-electron chi connectivity index (χ2n) is 9.82. The Morgan fingerprint density at radius 3 is 0.905 bits per heavy atom. The van der Waals surface area contributed by atoms with Gasteiger partial charge in [0.05, 0.1) is 10.5 Å². The summed E-state index contributed by atoms with van der Waals surface area (Å²) in [4.78, 5) is 0. The van der Waals surface area contributed by atoms with Crippen LogP contribution in [0.15, 0.2) is 0 Å². The zero-order valence-corrected chi connectivity index (χ0v) is 17.2. The molecule has 0 bridgehead atoms. The van der Waals surface area contributed by atoms with Gasteiger partial charge in [-0.25, -0.2) is 8.42 Å². The molecule has 0 amide bonds. The molecule has 0 aliphatic carbocycles. The smallest absolute Gasteiger partial charge is 0.156 e. The van der Waals surface area contributed by atoms with Crippen LogP contribution in [0.3, 0.4) is 0 Å². The maximum Gasteiger partial charge on any atom is 0.156 e. The molecule has 2 atom stereocenters. The standard InChI is InChI=1S/C18H38O2S/c1-13(17(9,10)15(3,4)5)21(19,20)14(2)18(11,12)16(6,7)8/h13-14H,1-12H3. The summed E-state index contributed by atoms with van der Waals surface area (Å²) in [6.07, 6.45) is 0. The van der Waals surface area contributed by atoms with E-state index in [0.717, 1.165) is 0 Å². The summed E-state index contributed by atoms with van der Waals surface area (Å²) in [7, 11) is -3.22. The first kappa shape index (κ1) is 20.9. The number of rotatable bonds is 4. The fourth-order valence-corrected chi connectivity index (χ4v) is 5.31. The second-order valence-corrected chi connectivity index (χ2v) is 12.4. The van der Waals surface area contributed by atoms with Crippen molar-refractivity contribution in [2.75, 3.05) is 0 Å². The molecule has 0 heterocycles. The molecule has 0 aromatic carbocycles. The van der Waals surface area contributed by atoms with E-state index in [-0.39, 0.29) is 32.2 Å². The van der Waals surface area contributed by atoms with Crippen LogP contribution in [-0.4, -0.2) is 18.9 Å². The molecule has 0 saturated carbocycles. The van der Waals surface area contributed by atoms with Crippen LogP contribution >= 0.6 is 0 Å². The fraction of sp³-hybridized carbons (Fsp3) is 1.00. The largest absolute Gasteiger partial charge is 0.228 e. The number of hydrogen-bond donors (Lipinski definition) is 0. The van der Waals surface area contributed by atoms with Crippen molar-refractivity contribution < 1.29 is 8.42 Å². The van der Waals surface area contributed by atoms with Crippen LogP contribution in [0.4, 0.5) is 0 Å². The Hall–Kier alpha value is -0.0500. The van der Waals surface area contributed by atoms with Gasteiger partial charge in [-0.1, -0.05) is 69.2 Å². The molecule has 0 aliphatic rings. The lowest BCUT2D eigenvalue weighted by Gasteiger charge is -2.48. The third-order valence-electron chi connectivity index (χ3n) is 6.88. The van der Waals surface area contributed by atoms with E-state index in [1.807, 2.05) is 13.8 Å². The maximum atomic E-state index is 13.2. The first-order valence-electron chi connectivity index (χ1n) is 8.04. The van der Waals surface area contributed by atoms with Gasteiger partial charge in [0, 0.05) is 0 Å². The average molecular weight is 319 g/mol. The lowest BCUT2D eigenvalue weighted by atomic mass is 9.67. The molecule has 0 aromatic heterocycles. The van der Waals surface area contributed by atoms with Gasteiger partial charge in [0.25, 0.3) is 0 Å². The van der Waals surface area contributed by atoms with E-state index >= 15 is 0 Å². The second kappa shape index (κ2) is 5.54. The van der Waals surface area contributed by atoms with Crippen molar-refractivity contribution in [1.82, 2.24) is 0 Å². The van der Waals surface area contributed by atoms with Gasteiger partial charge in [-0.3, -0.25) is 0 Å². The highest BCUT2D eigenvalue weighted by Crippen LogP contribution is 2.49. The van der Waals surface area contributed by atoms with Crippen molar-refractivity contribution in [2.24, 2.45) is 21.7 Å². The predicted molar refractivity (Wildman–Crippen MR) is 94.3 cm³/mol. The van der Waals surface area contributed by atoms with Crippen molar-refractivity contribution >= 4 is 9.84 Å². The monoisotopic (exact) mass is 318 g/mol. The Labute approximate surface area is 134 Å². The summed E-state index contributed by atoms with van der Waals surface area (Å²) < 4.78 is 26.4. The number of sulfone groups is 1. The van der Waals surface area contributed by atoms with E-state index in [0.29, 0.717) is 0 Å². The van der Waals surface area contributed by atoms with Crippen molar-refractivity contribution in [3.05, 3.63) is 0 Å². The molecule has 2 nitrogen and oxygen atoms in total. The number of hydrogen-bond acceptors (Lipinski definition) is 2. The molecule has 3 heteroatoms. The SMILES string of the molecule is CC(C(C)(C)C(C)(C)C)S(=O)(=O)C(C)C(C)(C)C(C)(C)C. The molecule has 0 rings (SSSR count). The van der Waals surface area contributed by atoms with Gasteiger partial charge in [-0.05, 0) is 35.5 Å². The highest BCUT2D eigenvalue weighted by molar-refractivity contribution is 7.92. The van der Waals surface area contributed by atoms with Crippen LogP contribution in [-0.2, 0) is 9.84 Å². The van der Waals surface area contributed by atoms with E-state index in [9.17, 15) is 8.42 Å². The zero-order valence-electron chi connectivity index (χ0n) is 16.4. The van der Waals surface area contributed by atoms with Crippen LogP contribution in [0.2, 0.25) is 0 Å². The quantitative estimate of drug-likeness (QED) is 0.702. The molecule has 0 aromatic rings. The van der Waals surface area contributed by atoms with Gasteiger partial charge >= 0.3 is 0 Å². The third kappa shape index (κ3) is 3.65. The summed E-state index contributed by atoms with van der Waals surface area (Å²) in [6, 6.07) is 0. The van der Waals surface area contributed by atoms with Crippen LogP contribution in [0, 0.1) is 21.7 Å². The minimum absolute atomic E-state index is 0.0644. The predicted octanol–water partition coefficient (Wildman–Crippen LogP) is 5.32. The molecule has 0 spiro atoms. The summed E-state index contributed by atoms with van der Waals surface area (Å²) in [5, 5.41) is -0.747. The Morgan fingerprint density at radius 1 is 0.571 bits per heavy atom. The first-order valence-corrected chi connectivity index (χ1v) is 9.65. The Kier molecular flexibility index (Phi) is 5.53. The van der Waals surface area contributed by atoms with Crippen molar-refractivity contribution in [3.8, 4) is 0 Å². The lowest BCUT2D eigenvalue weighted by molar-refractivity contribution is 0.116. The fourth-order valence-electron chi connectivity index (χ4n) is 2.35. The van der Waals surface area contributed by atoms with Gasteiger partial charge in [-0.2, -0.15) is 0 Å². The molecule has 128 valence electrons. The summed E-state index contributed by atoms with van der Waals surface area (Å²) in [5.41, 5.74) is -0.696. The molecular formula is C18H38O2S. The van der Waals surface area contributed by atoms with Crippen molar-refractivity contribution in [1.29, 1.82) is 0 Å². The molecular weight excluding hydrogens is 280 g/mol. The minimum Gasteiger partial charge on any atom is -0.228 e. The van der Waals surface area contributed by atoms with Crippen molar-refractivity contribution in [2.45, 2.75) is 93.6 Å². The zero-order chi connectivity index (χ0) is 17.7. The van der Waals surface area contributed by atoms with Crippen LogP contribution in [0.1, 0.15) is 83.1 Å². The van der Waals surface area contributed by atoms with E-state index < -0.39 is 9.84 Å². The Bertz CT molecular complexity index is 418. The maximum absolute atomic E-state index is 13.2. The normalized spacial score (nSPS) is 18.5. The molecule has 0 fully saturated rings. The van der Waals surface area contributed by atoms with E-state index in [1.54, 1.807) is 0 Å².